The van der Waals surface area contributed by atoms with Gasteiger partial charge in [0.2, 0.25) is 0 Å². The van der Waals surface area contributed by atoms with Gasteiger partial charge in [0.15, 0.2) is 5.78 Å². The fourth-order valence-corrected chi connectivity index (χ4v) is 2.38. The largest absolute Gasteiger partial charge is 0.506 e. The number of ether oxygens (including phenoxy) is 1. The highest BCUT2D eigenvalue weighted by Crippen LogP contribution is 2.31. The van der Waals surface area contributed by atoms with Gasteiger partial charge >= 0.3 is 5.97 Å². The van der Waals surface area contributed by atoms with E-state index in [2.05, 4.69) is 10.1 Å². The Labute approximate surface area is 117 Å². The van der Waals surface area contributed by atoms with Crippen LogP contribution in [0.15, 0.2) is 36.0 Å². The maximum Gasteiger partial charge on any atom is 0.316 e. The third kappa shape index (κ3) is 2.82. The fourth-order valence-electron chi connectivity index (χ4n) is 2.38. The van der Waals surface area contributed by atoms with Gasteiger partial charge in [-0.3, -0.25) is 9.59 Å². The molecule has 1 aromatic rings. The van der Waals surface area contributed by atoms with E-state index in [1.165, 1.54) is 13.2 Å². The van der Waals surface area contributed by atoms with Crippen LogP contribution in [-0.4, -0.2) is 24.0 Å². The zero-order valence-electron chi connectivity index (χ0n) is 11.4. The number of nitrogens with one attached hydrogen (secondary N) is 1. The van der Waals surface area contributed by atoms with Gasteiger partial charge in [-0.1, -0.05) is 19.1 Å². The molecule has 0 bridgehead atoms. The second-order valence-corrected chi connectivity index (χ2v) is 4.90. The number of aromatic hydroxyl groups is 1. The fraction of sp³-hybridized carbons (Fsp3) is 0.333. The summed E-state index contributed by atoms with van der Waals surface area (Å²) in [6.45, 7) is 1.83. The number of phenolic OH excluding ortho intramolecular Hbond substituents is 1. The van der Waals surface area contributed by atoms with Crippen LogP contribution < -0.4 is 5.32 Å². The van der Waals surface area contributed by atoms with E-state index in [9.17, 15) is 14.7 Å². The summed E-state index contributed by atoms with van der Waals surface area (Å²) < 4.78 is 4.65. The number of hydrogen-bond donors (Lipinski definition) is 2. The van der Waals surface area contributed by atoms with Crippen LogP contribution in [0.25, 0.3) is 0 Å². The van der Waals surface area contributed by atoms with E-state index in [0.717, 1.165) is 0 Å². The first kappa shape index (κ1) is 14.1. The number of para-hydroxylation sites is 2. The third-order valence-electron chi connectivity index (χ3n) is 3.39. The van der Waals surface area contributed by atoms with E-state index in [-0.39, 0.29) is 17.5 Å². The Morgan fingerprint density at radius 1 is 1.40 bits per heavy atom. The maximum atomic E-state index is 12.0. The monoisotopic (exact) mass is 275 g/mol. The van der Waals surface area contributed by atoms with E-state index in [1.54, 1.807) is 24.3 Å². The van der Waals surface area contributed by atoms with Gasteiger partial charge in [0.25, 0.3) is 0 Å². The van der Waals surface area contributed by atoms with Gasteiger partial charge in [0, 0.05) is 11.8 Å². The lowest BCUT2D eigenvalue weighted by Gasteiger charge is -2.26. The molecule has 5 heteroatoms. The summed E-state index contributed by atoms with van der Waals surface area (Å²) in [7, 11) is 1.28. The molecule has 0 aromatic heterocycles. The predicted molar refractivity (Wildman–Crippen MR) is 74.1 cm³/mol. The summed E-state index contributed by atoms with van der Waals surface area (Å²) in [5.41, 5.74) is 1.22. The number of allylic oxidation sites excluding steroid dienone is 2. The summed E-state index contributed by atoms with van der Waals surface area (Å²) in [5.74, 6) is -1.54. The molecule has 20 heavy (non-hydrogen) atoms. The zero-order valence-corrected chi connectivity index (χ0v) is 11.4. The third-order valence-corrected chi connectivity index (χ3v) is 3.39. The Kier molecular flexibility index (Phi) is 4.08. The number of rotatable bonds is 3. The van der Waals surface area contributed by atoms with Crippen molar-refractivity contribution in [3.63, 3.8) is 0 Å². The number of methoxy groups -OCH3 is 1. The van der Waals surface area contributed by atoms with Crippen LogP contribution in [-0.2, 0) is 14.3 Å². The Morgan fingerprint density at radius 2 is 2.10 bits per heavy atom. The number of phenols is 1. The molecule has 106 valence electrons. The Bertz CT molecular complexity index is 565. The van der Waals surface area contributed by atoms with Crippen LogP contribution in [0.4, 0.5) is 5.69 Å². The average molecular weight is 275 g/mol. The molecule has 1 aliphatic rings. The quantitative estimate of drug-likeness (QED) is 0.502. The summed E-state index contributed by atoms with van der Waals surface area (Å²) in [5, 5.41) is 12.7. The Hall–Kier alpha value is -2.30. The number of ketones is 1. The number of hydrogen-bond acceptors (Lipinski definition) is 5. The number of anilines is 1. The lowest BCUT2D eigenvalue weighted by atomic mass is 9.82. The van der Waals surface area contributed by atoms with E-state index in [0.29, 0.717) is 17.8 Å². The predicted octanol–water partition coefficient (Wildman–Crippen LogP) is 2.09. The van der Waals surface area contributed by atoms with Crippen LogP contribution in [0.5, 0.6) is 5.75 Å². The molecule has 0 radical (unpaired) electrons. The topological polar surface area (TPSA) is 75.6 Å². The molecule has 1 aliphatic carbocycles. The standard InChI is InChI=1S/C15H17NO4/c1-9-7-10(8-13(18)14(9)15(19)20-2)16-11-5-3-4-6-12(11)17/h3-6,8-9,14,16-17H,7H2,1-2H3/t9-,14+/m1/s1. The molecule has 0 heterocycles. The average Bonchev–Trinajstić information content (AvgIpc) is 2.40. The van der Waals surface area contributed by atoms with Crippen molar-refractivity contribution in [1.29, 1.82) is 0 Å². The van der Waals surface area contributed by atoms with Crippen LogP contribution in [0.1, 0.15) is 13.3 Å². The number of esters is 1. The molecule has 2 rings (SSSR count). The molecular formula is C15H17NO4. The molecule has 0 saturated heterocycles. The molecule has 0 spiro atoms. The van der Waals surface area contributed by atoms with Gasteiger partial charge < -0.3 is 15.2 Å². The zero-order chi connectivity index (χ0) is 14.7. The molecule has 2 N–H and O–H groups in total. The van der Waals surface area contributed by atoms with E-state index in [4.69, 9.17) is 0 Å². The van der Waals surface area contributed by atoms with Crippen molar-refractivity contribution >= 4 is 17.4 Å². The van der Waals surface area contributed by atoms with Gasteiger partial charge in [-0.15, -0.1) is 0 Å². The van der Waals surface area contributed by atoms with Gasteiger partial charge in [-0.25, -0.2) is 0 Å². The van der Waals surface area contributed by atoms with Crippen LogP contribution in [0, 0.1) is 11.8 Å². The van der Waals surface area contributed by atoms with Crippen molar-refractivity contribution in [1.82, 2.24) is 0 Å². The van der Waals surface area contributed by atoms with Crippen molar-refractivity contribution in [3.05, 3.63) is 36.0 Å². The smallest absolute Gasteiger partial charge is 0.316 e. The second kappa shape index (κ2) is 5.77. The minimum absolute atomic E-state index is 0.114. The highest BCUT2D eigenvalue weighted by molar-refractivity contribution is 6.06. The lowest BCUT2D eigenvalue weighted by Crippen LogP contribution is -2.34. The van der Waals surface area contributed by atoms with Gasteiger partial charge in [0.1, 0.15) is 11.7 Å². The summed E-state index contributed by atoms with van der Waals surface area (Å²) in [6.07, 6.45) is 1.95. The minimum Gasteiger partial charge on any atom is -0.506 e. The van der Waals surface area contributed by atoms with E-state index >= 15 is 0 Å². The SMILES string of the molecule is COC(=O)[C@@H]1C(=O)C=C(Nc2ccccc2O)C[C@H]1C. The number of carbonyl (C=O) groups excluding carboxylic acids is 2. The van der Waals surface area contributed by atoms with Crippen LogP contribution >= 0.6 is 0 Å². The van der Waals surface area contributed by atoms with Gasteiger partial charge in [0.05, 0.1) is 12.8 Å². The summed E-state index contributed by atoms with van der Waals surface area (Å²) in [6, 6.07) is 6.79. The molecular weight excluding hydrogens is 258 g/mol. The molecule has 0 amide bonds. The molecule has 0 saturated carbocycles. The first-order valence-corrected chi connectivity index (χ1v) is 6.40. The van der Waals surface area contributed by atoms with Crippen molar-refractivity contribution in [2.24, 2.45) is 11.8 Å². The summed E-state index contributed by atoms with van der Waals surface area (Å²) in [4.78, 5) is 23.6. The second-order valence-electron chi connectivity index (χ2n) is 4.90. The van der Waals surface area contributed by atoms with Crippen molar-refractivity contribution in [2.45, 2.75) is 13.3 Å². The number of benzene rings is 1. The highest BCUT2D eigenvalue weighted by Gasteiger charge is 2.35. The lowest BCUT2D eigenvalue weighted by molar-refractivity contribution is -0.150. The molecule has 0 unspecified atom stereocenters. The van der Waals surface area contributed by atoms with Crippen molar-refractivity contribution in [2.75, 3.05) is 12.4 Å². The number of carbonyl (C=O) groups is 2. The first-order chi connectivity index (χ1) is 9.52. The van der Waals surface area contributed by atoms with Crippen molar-refractivity contribution < 1.29 is 19.4 Å². The minimum atomic E-state index is -0.741. The maximum absolute atomic E-state index is 12.0. The van der Waals surface area contributed by atoms with Crippen molar-refractivity contribution in [3.8, 4) is 5.75 Å². The molecule has 0 aliphatic heterocycles. The normalized spacial score (nSPS) is 22.1. The van der Waals surface area contributed by atoms with Gasteiger partial charge in [-0.2, -0.15) is 0 Å². The van der Waals surface area contributed by atoms with Gasteiger partial charge in [-0.05, 0) is 24.5 Å². The molecule has 0 fully saturated rings. The van der Waals surface area contributed by atoms with E-state index in [1.807, 2.05) is 6.92 Å². The molecule has 5 nitrogen and oxygen atoms in total. The highest BCUT2D eigenvalue weighted by atomic mass is 16.5. The molecule has 2 atom stereocenters. The van der Waals surface area contributed by atoms with E-state index < -0.39 is 11.9 Å². The van der Waals surface area contributed by atoms with Crippen LogP contribution in [0.3, 0.4) is 0 Å². The Morgan fingerprint density at radius 3 is 2.70 bits per heavy atom. The Balaban J connectivity index is 2.18. The first-order valence-electron chi connectivity index (χ1n) is 6.40. The van der Waals surface area contributed by atoms with Crippen LogP contribution in [0.2, 0.25) is 0 Å². The molecule has 1 aromatic carbocycles. The summed E-state index contributed by atoms with van der Waals surface area (Å²) >= 11 is 0.